The summed E-state index contributed by atoms with van der Waals surface area (Å²) in [5.41, 5.74) is 0. The molecule has 2 saturated carbocycles. The molecule has 1 saturated heterocycles. The summed E-state index contributed by atoms with van der Waals surface area (Å²) in [6, 6.07) is 0. The highest BCUT2D eigenvalue weighted by molar-refractivity contribution is 5.77. The number of ether oxygens (including phenoxy) is 1. The summed E-state index contributed by atoms with van der Waals surface area (Å²) >= 11 is 0. The predicted octanol–water partition coefficient (Wildman–Crippen LogP) is 0.176. The van der Waals surface area contributed by atoms with Gasteiger partial charge < -0.3 is 9.84 Å². The number of fused-ring (bicyclic) bond motifs is 1. The van der Waals surface area contributed by atoms with Crippen LogP contribution in [0.5, 0.6) is 0 Å². The van der Waals surface area contributed by atoms with E-state index < -0.39 is 0 Å². The van der Waals surface area contributed by atoms with E-state index in [1.165, 1.54) is 0 Å². The largest absolute Gasteiger partial charge is 0.462 e. The minimum absolute atomic E-state index is 0.0405. The van der Waals surface area contributed by atoms with Crippen molar-refractivity contribution in [1.29, 1.82) is 0 Å². The molecule has 1 aliphatic heterocycles. The summed E-state index contributed by atoms with van der Waals surface area (Å²) < 4.78 is 5.22. The van der Waals surface area contributed by atoms with Gasteiger partial charge in [-0.05, 0) is 24.7 Å². The van der Waals surface area contributed by atoms with Gasteiger partial charge >= 0.3 is 5.97 Å². The molecule has 12 heavy (non-hydrogen) atoms. The van der Waals surface area contributed by atoms with Crippen LogP contribution in [0.3, 0.4) is 0 Å². The first kappa shape index (κ1) is 6.89. The number of aliphatic hydroxyl groups is 1. The first-order valence-corrected chi connectivity index (χ1v) is 4.62. The van der Waals surface area contributed by atoms with E-state index in [4.69, 9.17) is 9.84 Å². The number of rotatable bonds is 1. The lowest BCUT2D eigenvalue weighted by atomic mass is 9.81. The molecule has 1 heterocycles. The van der Waals surface area contributed by atoms with Crippen LogP contribution in [0, 0.1) is 23.7 Å². The minimum Gasteiger partial charge on any atom is -0.462 e. The number of carbonyl (C=O) groups excluding carboxylic acids is 1. The Bertz CT molecular complexity index is 236. The van der Waals surface area contributed by atoms with Crippen LogP contribution < -0.4 is 0 Å². The smallest absolute Gasteiger partial charge is 0.310 e. The standard InChI is InChI=1S/C9H12O3/c10-3-6-4-1-5-7(2-4)12-9(11)8(5)6/h4-8,10H,1-3H2/t4-,5+,6+,7-,8-/m1/s1. The Hall–Kier alpha value is -0.570. The molecule has 0 spiro atoms. The summed E-state index contributed by atoms with van der Waals surface area (Å²) in [6.07, 6.45) is 2.31. The maximum Gasteiger partial charge on any atom is 0.310 e. The lowest BCUT2D eigenvalue weighted by molar-refractivity contribution is -0.144. The number of hydrogen-bond donors (Lipinski definition) is 1. The summed E-state index contributed by atoms with van der Waals surface area (Å²) in [5, 5.41) is 9.12. The fourth-order valence-corrected chi connectivity index (χ4v) is 3.38. The summed E-state index contributed by atoms with van der Waals surface area (Å²) in [7, 11) is 0. The van der Waals surface area contributed by atoms with Crippen molar-refractivity contribution in [2.24, 2.45) is 23.7 Å². The number of carbonyl (C=O) groups is 1. The number of esters is 1. The monoisotopic (exact) mass is 168 g/mol. The van der Waals surface area contributed by atoms with Crippen LogP contribution in [0.25, 0.3) is 0 Å². The predicted molar refractivity (Wildman–Crippen MR) is 40.2 cm³/mol. The maximum atomic E-state index is 11.3. The molecule has 3 aliphatic rings. The van der Waals surface area contributed by atoms with Gasteiger partial charge in [-0.3, -0.25) is 4.79 Å². The quantitative estimate of drug-likeness (QED) is 0.568. The molecular weight excluding hydrogens is 156 g/mol. The Morgan fingerprint density at radius 2 is 2.33 bits per heavy atom. The van der Waals surface area contributed by atoms with Crippen LogP contribution in [0.15, 0.2) is 0 Å². The fourth-order valence-electron chi connectivity index (χ4n) is 3.38. The van der Waals surface area contributed by atoms with E-state index in [-0.39, 0.29) is 30.5 Å². The lowest BCUT2D eigenvalue weighted by Crippen LogP contribution is -2.28. The Balaban J connectivity index is 1.98. The zero-order valence-corrected chi connectivity index (χ0v) is 6.77. The van der Waals surface area contributed by atoms with Gasteiger partial charge in [0, 0.05) is 12.5 Å². The van der Waals surface area contributed by atoms with Crippen molar-refractivity contribution in [2.75, 3.05) is 6.61 Å². The van der Waals surface area contributed by atoms with E-state index in [0.717, 1.165) is 12.8 Å². The van der Waals surface area contributed by atoms with Crippen molar-refractivity contribution in [3.8, 4) is 0 Å². The van der Waals surface area contributed by atoms with Gasteiger partial charge in [0.2, 0.25) is 0 Å². The van der Waals surface area contributed by atoms with Gasteiger partial charge in [-0.2, -0.15) is 0 Å². The van der Waals surface area contributed by atoms with Crippen LogP contribution >= 0.6 is 0 Å². The Morgan fingerprint density at radius 3 is 3.08 bits per heavy atom. The van der Waals surface area contributed by atoms with Crippen molar-refractivity contribution in [2.45, 2.75) is 18.9 Å². The summed E-state index contributed by atoms with van der Waals surface area (Å²) in [4.78, 5) is 11.3. The molecule has 3 rings (SSSR count). The first-order valence-electron chi connectivity index (χ1n) is 4.62. The third-order valence-electron chi connectivity index (χ3n) is 3.87. The first-order chi connectivity index (χ1) is 5.81. The van der Waals surface area contributed by atoms with E-state index in [1.807, 2.05) is 0 Å². The zero-order valence-electron chi connectivity index (χ0n) is 6.77. The van der Waals surface area contributed by atoms with Crippen molar-refractivity contribution in [1.82, 2.24) is 0 Å². The second kappa shape index (κ2) is 2.02. The van der Waals surface area contributed by atoms with E-state index in [1.54, 1.807) is 0 Å². The molecule has 0 aromatic rings. The average Bonchev–Trinajstić information content (AvgIpc) is 2.61. The minimum atomic E-state index is -0.0518. The highest BCUT2D eigenvalue weighted by atomic mass is 16.6. The second-order valence-corrected chi connectivity index (χ2v) is 4.24. The van der Waals surface area contributed by atoms with Gasteiger partial charge in [-0.25, -0.2) is 0 Å². The molecule has 3 nitrogen and oxygen atoms in total. The molecule has 1 N–H and O–H groups in total. The normalized spacial score (nSPS) is 54.8. The molecule has 0 unspecified atom stereocenters. The second-order valence-electron chi connectivity index (χ2n) is 4.24. The van der Waals surface area contributed by atoms with Crippen molar-refractivity contribution < 1.29 is 14.6 Å². The van der Waals surface area contributed by atoms with Crippen LogP contribution in [-0.2, 0) is 9.53 Å². The molecule has 5 atom stereocenters. The van der Waals surface area contributed by atoms with Gasteiger partial charge in [0.1, 0.15) is 6.10 Å². The molecule has 0 radical (unpaired) electrons. The van der Waals surface area contributed by atoms with E-state index in [0.29, 0.717) is 11.8 Å². The Morgan fingerprint density at radius 1 is 1.50 bits per heavy atom. The number of aliphatic hydroxyl groups excluding tert-OH is 1. The Kier molecular flexibility index (Phi) is 1.16. The van der Waals surface area contributed by atoms with E-state index in [9.17, 15) is 4.79 Å². The van der Waals surface area contributed by atoms with Crippen LogP contribution in [0.2, 0.25) is 0 Å². The van der Waals surface area contributed by atoms with Gasteiger partial charge in [0.15, 0.2) is 0 Å². The fraction of sp³-hybridized carbons (Fsp3) is 0.889. The Labute approximate surface area is 70.7 Å². The highest BCUT2D eigenvalue weighted by Gasteiger charge is 2.61. The van der Waals surface area contributed by atoms with E-state index in [2.05, 4.69) is 0 Å². The molecule has 0 aromatic heterocycles. The molecule has 3 heteroatoms. The molecule has 0 aromatic carbocycles. The van der Waals surface area contributed by atoms with Crippen LogP contribution in [0.4, 0.5) is 0 Å². The zero-order chi connectivity index (χ0) is 8.29. The van der Waals surface area contributed by atoms with Crippen LogP contribution in [-0.4, -0.2) is 23.8 Å². The van der Waals surface area contributed by atoms with Crippen molar-refractivity contribution in [3.63, 3.8) is 0 Å². The van der Waals surface area contributed by atoms with Crippen molar-refractivity contribution >= 4 is 5.97 Å². The number of hydrogen-bond acceptors (Lipinski definition) is 3. The molecule has 2 bridgehead atoms. The van der Waals surface area contributed by atoms with Gasteiger partial charge in [0.05, 0.1) is 5.92 Å². The van der Waals surface area contributed by atoms with Gasteiger partial charge in [-0.1, -0.05) is 0 Å². The van der Waals surface area contributed by atoms with Crippen molar-refractivity contribution in [3.05, 3.63) is 0 Å². The molecule has 2 aliphatic carbocycles. The van der Waals surface area contributed by atoms with Crippen LogP contribution in [0.1, 0.15) is 12.8 Å². The molecule has 0 amide bonds. The topological polar surface area (TPSA) is 46.5 Å². The third kappa shape index (κ3) is 0.600. The highest BCUT2D eigenvalue weighted by Crippen LogP contribution is 2.57. The SMILES string of the molecule is O=C1O[C@@H]2C[C@H]3C[C@@H]2[C@@H]1[C@H]3CO. The summed E-state index contributed by atoms with van der Waals surface area (Å²) in [6.45, 7) is 0.160. The van der Waals surface area contributed by atoms with Gasteiger partial charge in [-0.15, -0.1) is 0 Å². The van der Waals surface area contributed by atoms with Gasteiger partial charge in [0.25, 0.3) is 0 Å². The molecular formula is C9H12O3. The lowest BCUT2D eigenvalue weighted by Gasteiger charge is -2.21. The molecule has 66 valence electrons. The summed E-state index contributed by atoms with van der Waals surface area (Å²) in [5.74, 6) is 1.20. The van der Waals surface area contributed by atoms with E-state index >= 15 is 0 Å². The average molecular weight is 168 g/mol. The molecule has 3 fully saturated rings. The maximum absolute atomic E-state index is 11.3. The third-order valence-corrected chi connectivity index (χ3v) is 3.87.